The van der Waals surface area contributed by atoms with Crippen molar-refractivity contribution in [1.29, 1.82) is 0 Å². The maximum Gasteiger partial charge on any atom is 0.221 e. The zero-order chi connectivity index (χ0) is 17.8. The molecule has 3 aromatic rings. The molecule has 1 aromatic heterocycles. The number of benzene rings is 2. The van der Waals surface area contributed by atoms with E-state index in [0.717, 1.165) is 32.0 Å². The largest absolute Gasteiger partial charge is 0.369 e. The van der Waals surface area contributed by atoms with Crippen molar-refractivity contribution in [3.8, 4) is 20.9 Å². The van der Waals surface area contributed by atoms with Gasteiger partial charge in [0.2, 0.25) is 11.8 Å². The number of nitrogens with two attached hydrogens (primary N) is 2. The van der Waals surface area contributed by atoms with Gasteiger partial charge in [-0.1, -0.05) is 48.5 Å². The smallest absolute Gasteiger partial charge is 0.221 e. The van der Waals surface area contributed by atoms with Gasteiger partial charge in [-0.15, -0.1) is 11.3 Å². The minimum atomic E-state index is -0.328. The van der Waals surface area contributed by atoms with Gasteiger partial charge in [-0.25, -0.2) is 0 Å². The summed E-state index contributed by atoms with van der Waals surface area (Å²) in [5, 5.41) is 0. The Hall–Kier alpha value is -2.92. The predicted octanol–water partition coefficient (Wildman–Crippen LogP) is 3.14. The van der Waals surface area contributed by atoms with E-state index in [-0.39, 0.29) is 24.7 Å². The quantitative estimate of drug-likeness (QED) is 0.715. The molecule has 2 amide bonds. The highest BCUT2D eigenvalue weighted by Gasteiger charge is 2.07. The normalized spacial score (nSPS) is 10.6. The molecule has 3 rings (SSSR count). The summed E-state index contributed by atoms with van der Waals surface area (Å²) in [4.78, 5) is 24.2. The molecule has 0 aliphatic heterocycles. The molecule has 0 bridgehead atoms. The molecular weight excluding hydrogens is 332 g/mol. The van der Waals surface area contributed by atoms with Crippen molar-refractivity contribution >= 4 is 23.2 Å². The van der Waals surface area contributed by atoms with Crippen LogP contribution in [0.1, 0.15) is 11.1 Å². The average molecular weight is 350 g/mol. The molecule has 0 radical (unpaired) electrons. The van der Waals surface area contributed by atoms with E-state index in [1.807, 2.05) is 48.5 Å². The van der Waals surface area contributed by atoms with E-state index in [2.05, 4.69) is 12.1 Å². The van der Waals surface area contributed by atoms with Gasteiger partial charge in [0.1, 0.15) is 0 Å². The van der Waals surface area contributed by atoms with Crippen LogP contribution in [-0.4, -0.2) is 11.8 Å². The van der Waals surface area contributed by atoms with Crippen molar-refractivity contribution in [2.75, 3.05) is 0 Å². The van der Waals surface area contributed by atoms with Gasteiger partial charge < -0.3 is 11.5 Å². The van der Waals surface area contributed by atoms with E-state index >= 15 is 0 Å². The molecule has 1 heterocycles. The van der Waals surface area contributed by atoms with Crippen LogP contribution in [0, 0.1) is 0 Å². The van der Waals surface area contributed by atoms with Crippen molar-refractivity contribution in [3.63, 3.8) is 0 Å². The Labute approximate surface area is 150 Å². The second kappa shape index (κ2) is 7.32. The van der Waals surface area contributed by atoms with Gasteiger partial charge in [-0.3, -0.25) is 9.59 Å². The third kappa shape index (κ3) is 4.33. The van der Waals surface area contributed by atoms with Crippen molar-refractivity contribution in [1.82, 2.24) is 0 Å². The van der Waals surface area contributed by atoms with Gasteiger partial charge in [-0.2, -0.15) is 0 Å². The van der Waals surface area contributed by atoms with Crippen LogP contribution in [0.5, 0.6) is 0 Å². The molecule has 0 spiro atoms. The van der Waals surface area contributed by atoms with Gasteiger partial charge in [0.15, 0.2) is 0 Å². The average Bonchev–Trinajstić information content (AvgIpc) is 3.05. The predicted molar refractivity (Wildman–Crippen MR) is 101 cm³/mol. The van der Waals surface area contributed by atoms with Crippen LogP contribution in [0.25, 0.3) is 20.9 Å². The molecule has 4 N–H and O–H groups in total. The molecule has 0 saturated heterocycles. The van der Waals surface area contributed by atoms with Gasteiger partial charge in [0.25, 0.3) is 0 Å². The van der Waals surface area contributed by atoms with E-state index in [0.29, 0.717) is 0 Å². The van der Waals surface area contributed by atoms with Crippen LogP contribution >= 0.6 is 11.3 Å². The van der Waals surface area contributed by atoms with Crippen molar-refractivity contribution in [2.24, 2.45) is 11.5 Å². The molecule has 0 aliphatic carbocycles. The summed E-state index contributed by atoms with van der Waals surface area (Å²) >= 11 is 1.70. The lowest BCUT2D eigenvalue weighted by Gasteiger charge is -2.02. The lowest BCUT2D eigenvalue weighted by Crippen LogP contribution is -2.13. The summed E-state index contributed by atoms with van der Waals surface area (Å²) in [5.74, 6) is -0.656. The van der Waals surface area contributed by atoms with Gasteiger partial charge in [0, 0.05) is 9.75 Å². The summed E-state index contributed by atoms with van der Waals surface area (Å²) in [6.07, 6.45) is 0.515. The topological polar surface area (TPSA) is 86.2 Å². The second-order valence-corrected chi connectivity index (χ2v) is 6.93. The summed E-state index contributed by atoms with van der Waals surface area (Å²) in [5.41, 5.74) is 14.5. The molecule has 5 heteroatoms. The monoisotopic (exact) mass is 350 g/mol. The molecule has 2 aromatic carbocycles. The van der Waals surface area contributed by atoms with E-state index in [1.165, 1.54) is 0 Å². The Morgan fingerprint density at radius 3 is 1.32 bits per heavy atom. The van der Waals surface area contributed by atoms with E-state index in [1.54, 1.807) is 11.3 Å². The van der Waals surface area contributed by atoms with Gasteiger partial charge in [0.05, 0.1) is 12.8 Å². The minimum absolute atomic E-state index is 0.258. The SMILES string of the molecule is NC(=O)Cc1ccc(-c2ccc(-c3ccc(CC(N)=O)cc3)s2)cc1. The summed E-state index contributed by atoms with van der Waals surface area (Å²) < 4.78 is 0. The lowest BCUT2D eigenvalue weighted by molar-refractivity contribution is -0.118. The summed E-state index contributed by atoms with van der Waals surface area (Å²) in [7, 11) is 0. The van der Waals surface area contributed by atoms with Crippen LogP contribution in [0.15, 0.2) is 60.7 Å². The standard InChI is InChI=1S/C20H18N2O2S/c21-19(23)11-13-1-5-15(6-2-13)17-9-10-18(25-17)16-7-3-14(4-8-16)12-20(22)24/h1-10H,11-12H2,(H2,21,23)(H2,22,24). The number of carbonyl (C=O) groups is 2. The van der Waals surface area contributed by atoms with E-state index < -0.39 is 0 Å². The van der Waals surface area contributed by atoms with Crippen LogP contribution in [0.2, 0.25) is 0 Å². The van der Waals surface area contributed by atoms with Crippen molar-refractivity contribution in [2.45, 2.75) is 12.8 Å². The van der Waals surface area contributed by atoms with Crippen molar-refractivity contribution < 1.29 is 9.59 Å². The van der Waals surface area contributed by atoms with Gasteiger partial charge in [-0.05, 0) is 34.4 Å². The Morgan fingerprint density at radius 1 is 0.640 bits per heavy atom. The van der Waals surface area contributed by atoms with Crippen LogP contribution in [-0.2, 0) is 22.4 Å². The van der Waals surface area contributed by atoms with Crippen LogP contribution in [0.4, 0.5) is 0 Å². The molecule has 0 saturated carbocycles. The van der Waals surface area contributed by atoms with Gasteiger partial charge >= 0.3 is 0 Å². The Morgan fingerprint density at radius 2 is 1.00 bits per heavy atom. The Balaban J connectivity index is 1.77. The summed E-state index contributed by atoms with van der Waals surface area (Å²) in [6, 6.07) is 19.9. The zero-order valence-corrected chi connectivity index (χ0v) is 14.4. The third-order valence-corrected chi connectivity index (χ3v) is 5.02. The molecule has 126 valence electrons. The highest BCUT2D eigenvalue weighted by Crippen LogP contribution is 2.34. The molecule has 25 heavy (non-hydrogen) atoms. The molecule has 0 atom stereocenters. The highest BCUT2D eigenvalue weighted by atomic mass is 32.1. The first kappa shape index (κ1) is 16.9. The fourth-order valence-electron chi connectivity index (χ4n) is 2.62. The Bertz CT molecular complexity index is 822. The summed E-state index contributed by atoms with van der Waals surface area (Å²) in [6.45, 7) is 0. The first-order chi connectivity index (χ1) is 12.0. The van der Waals surface area contributed by atoms with E-state index in [9.17, 15) is 9.59 Å². The highest BCUT2D eigenvalue weighted by molar-refractivity contribution is 7.18. The molecule has 0 fully saturated rings. The van der Waals surface area contributed by atoms with Crippen molar-refractivity contribution in [3.05, 3.63) is 71.8 Å². The first-order valence-electron chi connectivity index (χ1n) is 7.86. The van der Waals surface area contributed by atoms with E-state index in [4.69, 9.17) is 11.5 Å². The minimum Gasteiger partial charge on any atom is -0.369 e. The zero-order valence-electron chi connectivity index (χ0n) is 13.6. The fraction of sp³-hybridized carbons (Fsp3) is 0.100. The number of hydrogen-bond donors (Lipinski definition) is 2. The lowest BCUT2D eigenvalue weighted by atomic mass is 10.1. The number of rotatable bonds is 6. The first-order valence-corrected chi connectivity index (χ1v) is 8.68. The number of thiophene rings is 1. The number of hydrogen-bond acceptors (Lipinski definition) is 3. The number of amides is 2. The second-order valence-electron chi connectivity index (χ2n) is 5.84. The van der Waals surface area contributed by atoms with Crippen LogP contribution in [0.3, 0.4) is 0 Å². The number of carbonyl (C=O) groups excluding carboxylic acids is 2. The molecular formula is C20H18N2O2S. The van der Waals surface area contributed by atoms with Crippen LogP contribution < -0.4 is 11.5 Å². The molecule has 4 nitrogen and oxygen atoms in total. The molecule has 0 aliphatic rings. The fourth-order valence-corrected chi connectivity index (χ4v) is 3.64. The third-order valence-electron chi connectivity index (χ3n) is 3.84. The maximum atomic E-state index is 11.0. The molecule has 0 unspecified atom stereocenters. The maximum absolute atomic E-state index is 11.0. The number of primary amides is 2. The Kier molecular flexibility index (Phi) is 4.95.